The lowest BCUT2D eigenvalue weighted by molar-refractivity contribution is 0.110. The molecule has 2 nitrogen and oxygen atoms in total. The molecule has 0 spiro atoms. The van der Waals surface area contributed by atoms with Crippen LogP contribution in [0.2, 0.25) is 0 Å². The molecule has 0 saturated carbocycles. The Balaban J connectivity index is 2.48. The van der Waals surface area contributed by atoms with E-state index in [1.165, 1.54) is 12.1 Å². The molecule has 0 fully saturated rings. The van der Waals surface area contributed by atoms with E-state index in [1.54, 1.807) is 0 Å². The number of ether oxygens (including phenoxy) is 1. The Morgan fingerprint density at radius 3 is 2.53 bits per heavy atom. The molecule has 0 aliphatic carbocycles. The zero-order chi connectivity index (χ0) is 12.5. The molecule has 3 heteroatoms. The van der Waals surface area contributed by atoms with Gasteiger partial charge in [-0.1, -0.05) is 19.1 Å². The predicted octanol–water partition coefficient (Wildman–Crippen LogP) is 2.63. The first-order chi connectivity index (χ1) is 8.26. The molecule has 0 saturated heterocycles. The van der Waals surface area contributed by atoms with Gasteiger partial charge in [0.1, 0.15) is 5.82 Å². The number of nitrogens with one attached hydrogen (secondary N) is 1. The Morgan fingerprint density at radius 2 is 1.94 bits per heavy atom. The summed E-state index contributed by atoms with van der Waals surface area (Å²) in [4.78, 5) is 0. The minimum absolute atomic E-state index is 0.179. The van der Waals surface area contributed by atoms with E-state index in [0.717, 1.165) is 38.3 Å². The van der Waals surface area contributed by atoms with Crippen molar-refractivity contribution in [3.8, 4) is 0 Å². The van der Waals surface area contributed by atoms with Gasteiger partial charge < -0.3 is 10.1 Å². The number of benzene rings is 1. The summed E-state index contributed by atoms with van der Waals surface area (Å²) < 4.78 is 18.3. The SMILES string of the molecule is CCNCC(COCC)Cc1ccc(F)cc1. The molecule has 0 amide bonds. The summed E-state index contributed by atoms with van der Waals surface area (Å²) in [6.07, 6.45) is 0.924. The third kappa shape index (κ3) is 5.80. The van der Waals surface area contributed by atoms with Gasteiger partial charge in [-0.15, -0.1) is 0 Å². The zero-order valence-electron chi connectivity index (χ0n) is 10.7. The lowest BCUT2D eigenvalue weighted by Gasteiger charge is -2.17. The minimum atomic E-state index is -0.179. The van der Waals surface area contributed by atoms with Gasteiger partial charge in [-0.05, 0) is 43.5 Å². The van der Waals surface area contributed by atoms with Crippen molar-refractivity contribution in [3.63, 3.8) is 0 Å². The molecular weight excluding hydrogens is 217 g/mol. The minimum Gasteiger partial charge on any atom is -0.381 e. The highest BCUT2D eigenvalue weighted by Gasteiger charge is 2.09. The second-order valence-electron chi connectivity index (χ2n) is 4.16. The molecule has 1 aromatic rings. The van der Waals surface area contributed by atoms with Crippen LogP contribution >= 0.6 is 0 Å². The highest BCUT2D eigenvalue weighted by Crippen LogP contribution is 2.10. The zero-order valence-corrected chi connectivity index (χ0v) is 10.7. The van der Waals surface area contributed by atoms with Crippen molar-refractivity contribution in [3.05, 3.63) is 35.6 Å². The van der Waals surface area contributed by atoms with E-state index < -0.39 is 0 Å². The molecule has 1 unspecified atom stereocenters. The summed E-state index contributed by atoms with van der Waals surface area (Å²) in [6, 6.07) is 6.72. The van der Waals surface area contributed by atoms with Gasteiger partial charge in [-0.25, -0.2) is 4.39 Å². The quantitative estimate of drug-likeness (QED) is 0.753. The molecule has 0 aliphatic rings. The summed E-state index contributed by atoms with van der Waals surface area (Å²) in [7, 11) is 0. The lowest BCUT2D eigenvalue weighted by Crippen LogP contribution is -2.27. The highest BCUT2D eigenvalue weighted by molar-refractivity contribution is 5.16. The van der Waals surface area contributed by atoms with Crippen molar-refractivity contribution in [2.45, 2.75) is 20.3 Å². The summed E-state index contributed by atoms with van der Waals surface area (Å²) in [5.41, 5.74) is 1.16. The largest absolute Gasteiger partial charge is 0.381 e. The number of rotatable bonds is 8. The van der Waals surface area contributed by atoms with Crippen LogP contribution in [0.4, 0.5) is 4.39 Å². The Kier molecular flexibility index (Phi) is 6.82. The fourth-order valence-electron chi connectivity index (χ4n) is 1.78. The Morgan fingerprint density at radius 1 is 1.24 bits per heavy atom. The summed E-state index contributed by atoms with van der Waals surface area (Å²) in [5.74, 6) is 0.266. The molecule has 17 heavy (non-hydrogen) atoms. The van der Waals surface area contributed by atoms with E-state index in [9.17, 15) is 4.39 Å². The van der Waals surface area contributed by atoms with Crippen LogP contribution in [0.3, 0.4) is 0 Å². The van der Waals surface area contributed by atoms with E-state index in [-0.39, 0.29) is 5.82 Å². The number of hydrogen-bond acceptors (Lipinski definition) is 2. The second-order valence-corrected chi connectivity index (χ2v) is 4.16. The average molecular weight is 239 g/mol. The van der Waals surface area contributed by atoms with Crippen LogP contribution in [-0.2, 0) is 11.2 Å². The van der Waals surface area contributed by atoms with E-state index in [2.05, 4.69) is 12.2 Å². The van der Waals surface area contributed by atoms with Crippen LogP contribution in [0.1, 0.15) is 19.4 Å². The van der Waals surface area contributed by atoms with Crippen molar-refractivity contribution in [1.82, 2.24) is 5.32 Å². The normalized spacial score (nSPS) is 12.6. The molecule has 0 bridgehead atoms. The fraction of sp³-hybridized carbons (Fsp3) is 0.571. The predicted molar refractivity (Wildman–Crippen MR) is 68.6 cm³/mol. The molecule has 0 aliphatic heterocycles. The molecular formula is C14H22FNO. The first-order valence-corrected chi connectivity index (χ1v) is 6.29. The van der Waals surface area contributed by atoms with Crippen LogP contribution in [0, 0.1) is 11.7 Å². The van der Waals surface area contributed by atoms with Crippen LogP contribution in [-0.4, -0.2) is 26.3 Å². The average Bonchev–Trinajstić information content (AvgIpc) is 2.35. The maximum absolute atomic E-state index is 12.8. The summed E-state index contributed by atoms with van der Waals surface area (Å²) in [6.45, 7) is 7.49. The molecule has 96 valence electrons. The molecule has 1 atom stereocenters. The van der Waals surface area contributed by atoms with Gasteiger partial charge >= 0.3 is 0 Å². The van der Waals surface area contributed by atoms with Gasteiger partial charge in [0.05, 0.1) is 6.61 Å². The van der Waals surface area contributed by atoms with Gasteiger partial charge in [0.25, 0.3) is 0 Å². The second kappa shape index (κ2) is 8.20. The molecule has 0 aromatic heterocycles. The smallest absolute Gasteiger partial charge is 0.123 e. The Bertz CT molecular complexity index is 292. The molecule has 1 aromatic carbocycles. The van der Waals surface area contributed by atoms with E-state index in [1.807, 2.05) is 19.1 Å². The number of halogens is 1. The third-order valence-electron chi connectivity index (χ3n) is 2.68. The monoisotopic (exact) mass is 239 g/mol. The maximum Gasteiger partial charge on any atom is 0.123 e. The van der Waals surface area contributed by atoms with Crippen LogP contribution in [0.25, 0.3) is 0 Å². The fourth-order valence-corrected chi connectivity index (χ4v) is 1.78. The van der Waals surface area contributed by atoms with Crippen LogP contribution in [0.5, 0.6) is 0 Å². The summed E-state index contributed by atoms with van der Waals surface area (Å²) >= 11 is 0. The first kappa shape index (κ1) is 14.1. The van der Waals surface area contributed by atoms with Crippen molar-refractivity contribution in [2.24, 2.45) is 5.92 Å². The number of hydrogen-bond donors (Lipinski definition) is 1. The van der Waals surface area contributed by atoms with Crippen molar-refractivity contribution in [1.29, 1.82) is 0 Å². The van der Waals surface area contributed by atoms with Crippen molar-refractivity contribution in [2.75, 3.05) is 26.3 Å². The molecule has 1 N–H and O–H groups in total. The first-order valence-electron chi connectivity index (χ1n) is 6.29. The standard InChI is InChI=1S/C14H22FNO/c1-3-16-10-13(11-17-4-2)9-12-5-7-14(15)8-6-12/h5-8,13,16H,3-4,9-11H2,1-2H3. The van der Waals surface area contributed by atoms with Gasteiger partial charge in [0.2, 0.25) is 0 Å². The van der Waals surface area contributed by atoms with Crippen LogP contribution < -0.4 is 5.32 Å². The van der Waals surface area contributed by atoms with Gasteiger partial charge in [0, 0.05) is 13.2 Å². The van der Waals surface area contributed by atoms with Gasteiger partial charge in [-0.3, -0.25) is 0 Å². The molecule has 0 heterocycles. The van der Waals surface area contributed by atoms with Crippen molar-refractivity contribution < 1.29 is 9.13 Å². The van der Waals surface area contributed by atoms with E-state index >= 15 is 0 Å². The topological polar surface area (TPSA) is 21.3 Å². The molecule has 0 radical (unpaired) electrons. The summed E-state index contributed by atoms with van der Waals surface area (Å²) in [5, 5.41) is 3.33. The third-order valence-corrected chi connectivity index (χ3v) is 2.68. The van der Waals surface area contributed by atoms with E-state index in [0.29, 0.717) is 5.92 Å². The van der Waals surface area contributed by atoms with Gasteiger partial charge in [-0.2, -0.15) is 0 Å². The van der Waals surface area contributed by atoms with Gasteiger partial charge in [0.15, 0.2) is 0 Å². The maximum atomic E-state index is 12.8. The Labute approximate surface area is 103 Å². The van der Waals surface area contributed by atoms with Crippen molar-refractivity contribution >= 4 is 0 Å². The van der Waals surface area contributed by atoms with Crippen LogP contribution in [0.15, 0.2) is 24.3 Å². The molecule has 1 rings (SSSR count). The van der Waals surface area contributed by atoms with E-state index in [4.69, 9.17) is 4.74 Å². The highest BCUT2D eigenvalue weighted by atomic mass is 19.1. The Hall–Kier alpha value is -0.930. The lowest BCUT2D eigenvalue weighted by atomic mass is 10.00.